The van der Waals surface area contributed by atoms with Crippen LogP contribution in [0.5, 0.6) is 0 Å². The molecule has 1 aliphatic carbocycles. The first kappa shape index (κ1) is 15.7. The predicted octanol–water partition coefficient (Wildman–Crippen LogP) is -0.638. The Labute approximate surface area is 132 Å². The van der Waals surface area contributed by atoms with Crippen LogP contribution in [0.2, 0.25) is 0 Å². The number of carbonyl (C=O) groups is 2. The second kappa shape index (κ2) is 5.77. The molecule has 3 rings (SSSR count). The lowest BCUT2D eigenvalue weighted by Crippen LogP contribution is -2.59. The van der Waals surface area contributed by atoms with E-state index in [0.29, 0.717) is 12.0 Å². The molecule has 0 saturated carbocycles. The zero-order valence-electron chi connectivity index (χ0n) is 12.3. The van der Waals surface area contributed by atoms with E-state index in [1.165, 1.54) is 0 Å². The summed E-state index contributed by atoms with van der Waals surface area (Å²) in [6, 6.07) is 7.20. The zero-order chi connectivity index (χ0) is 16.6. The molecule has 0 bridgehead atoms. The lowest BCUT2D eigenvalue weighted by atomic mass is 10.0. The summed E-state index contributed by atoms with van der Waals surface area (Å²) in [6.45, 7) is 3.90. The molecule has 4 unspecified atom stereocenters. The van der Waals surface area contributed by atoms with Gasteiger partial charge in [0, 0.05) is 18.5 Å². The highest BCUT2D eigenvalue weighted by molar-refractivity contribution is 5.86. The molecule has 122 valence electrons. The normalized spacial score (nSPS) is 32.9. The molecular weight excluding hydrogens is 302 g/mol. The number of aliphatic hydroxyl groups is 2. The molecule has 1 saturated heterocycles. The molecule has 1 fully saturated rings. The molecular formula is C16H17NO6. The van der Waals surface area contributed by atoms with E-state index in [-0.39, 0.29) is 6.54 Å². The number of hydrogen-bond donors (Lipinski definition) is 3. The molecule has 1 heterocycles. The minimum Gasteiger partial charge on any atom is -0.454 e. The summed E-state index contributed by atoms with van der Waals surface area (Å²) in [6.07, 6.45) is -2.92. The van der Waals surface area contributed by atoms with Gasteiger partial charge in [0.1, 0.15) is 0 Å². The van der Waals surface area contributed by atoms with Crippen LogP contribution < -0.4 is 5.32 Å². The van der Waals surface area contributed by atoms with Gasteiger partial charge >= 0.3 is 11.9 Å². The molecule has 1 aromatic carbocycles. The maximum absolute atomic E-state index is 12.1. The Morgan fingerprint density at radius 2 is 1.96 bits per heavy atom. The van der Waals surface area contributed by atoms with E-state index in [9.17, 15) is 19.8 Å². The minimum absolute atomic E-state index is 0.286. The molecule has 23 heavy (non-hydrogen) atoms. The molecule has 1 aromatic rings. The molecule has 7 heteroatoms. The van der Waals surface area contributed by atoms with E-state index in [1.54, 1.807) is 18.2 Å². The Morgan fingerprint density at radius 1 is 1.26 bits per heavy atom. The van der Waals surface area contributed by atoms with Crippen molar-refractivity contribution in [2.24, 2.45) is 0 Å². The van der Waals surface area contributed by atoms with Gasteiger partial charge in [0.05, 0.1) is 0 Å². The molecule has 7 nitrogen and oxygen atoms in total. The van der Waals surface area contributed by atoms with Crippen LogP contribution in [0.1, 0.15) is 11.1 Å². The molecule has 0 radical (unpaired) electrons. The Balaban J connectivity index is 2.09. The van der Waals surface area contributed by atoms with E-state index in [2.05, 4.69) is 11.9 Å². The van der Waals surface area contributed by atoms with Crippen LogP contribution in [-0.4, -0.2) is 47.0 Å². The maximum atomic E-state index is 12.1. The first-order chi connectivity index (χ1) is 11.0. The number of aliphatic hydroxyl groups excluding tert-OH is 2. The van der Waals surface area contributed by atoms with Gasteiger partial charge in [0.25, 0.3) is 0 Å². The average Bonchev–Trinajstić information content (AvgIpc) is 2.84. The predicted molar refractivity (Wildman–Crippen MR) is 78.0 cm³/mol. The Kier molecular flexibility index (Phi) is 3.93. The molecule has 2 aliphatic rings. The second-order valence-electron chi connectivity index (χ2n) is 5.50. The number of benzene rings is 1. The van der Waals surface area contributed by atoms with Gasteiger partial charge in [-0.1, -0.05) is 30.3 Å². The molecule has 1 aliphatic heterocycles. The third-order valence-electron chi connectivity index (χ3n) is 4.09. The topological polar surface area (TPSA) is 105 Å². The quantitative estimate of drug-likeness (QED) is 0.503. The number of carbonyl (C=O) groups excluding carboxylic acids is 2. The smallest absolute Gasteiger partial charge is 0.340 e. The van der Waals surface area contributed by atoms with E-state index < -0.39 is 36.0 Å². The SMILES string of the molecule is C=CCNC12OC(=O)C(O)C(O)C(=O)OC1Cc1ccccc12. The van der Waals surface area contributed by atoms with Crippen molar-refractivity contribution in [1.29, 1.82) is 0 Å². The summed E-state index contributed by atoms with van der Waals surface area (Å²) in [4.78, 5) is 24.1. The molecule has 3 N–H and O–H groups in total. The summed E-state index contributed by atoms with van der Waals surface area (Å²) >= 11 is 0. The van der Waals surface area contributed by atoms with Gasteiger partial charge in [-0.2, -0.15) is 0 Å². The lowest BCUT2D eigenvalue weighted by molar-refractivity contribution is -0.220. The number of hydrogen-bond acceptors (Lipinski definition) is 7. The molecule has 0 amide bonds. The van der Waals surface area contributed by atoms with Crippen molar-refractivity contribution >= 4 is 11.9 Å². The van der Waals surface area contributed by atoms with Crippen LogP contribution in [0.4, 0.5) is 0 Å². The second-order valence-corrected chi connectivity index (χ2v) is 5.50. The van der Waals surface area contributed by atoms with Crippen LogP contribution in [0.25, 0.3) is 0 Å². The van der Waals surface area contributed by atoms with E-state index in [1.807, 2.05) is 12.1 Å². The van der Waals surface area contributed by atoms with Gasteiger partial charge in [0.2, 0.25) is 5.72 Å². The average molecular weight is 319 g/mol. The number of nitrogens with one attached hydrogen (secondary N) is 1. The van der Waals surface area contributed by atoms with Gasteiger partial charge in [0.15, 0.2) is 18.3 Å². The number of rotatable bonds is 3. The fourth-order valence-electron chi connectivity index (χ4n) is 2.98. The Bertz CT molecular complexity index is 660. The maximum Gasteiger partial charge on any atom is 0.340 e. The summed E-state index contributed by atoms with van der Waals surface area (Å²) < 4.78 is 10.8. The van der Waals surface area contributed by atoms with E-state index in [4.69, 9.17) is 9.47 Å². The van der Waals surface area contributed by atoms with Gasteiger partial charge in [-0.05, 0) is 5.56 Å². The summed E-state index contributed by atoms with van der Waals surface area (Å²) in [5, 5.41) is 22.4. The first-order valence-electron chi connectivity index (χ1n) is 7.23. The minimum atomic E-state index is -2.00. The van der Waals surface area contributed by atoms with Crippen LogP contribution in [0, 0.1) is 0 Å². The summed E-state index contributed by atoms with van der Waals surface area (Å²) in [5.41, 5.74) is 0.0793. The fourth-order valence-corrected chi connectivity index (χ4v) is 2.98. The summed E-state index contributed by atoms with van der Waals surface area (Å²) in [7, 11) is 0. The van der Waals surface area contributed by atoms with Crippen molar-refractivity contribution < 1.29 is 29.3 Å². The van der Waals surface area contributed by atoms with Gasteiger partial charge < -0.3 is 19.7 Å². The van der Waals surface area contributed by atoms with Crippen molar-refractivity contribution in [1.82, 2.24) is 5.32 Å². The fraction of sp³-hybridized carbons (Fsp3) is 0.375. The third-order valence-corrected chi connectivity index (χ3v) is 4.09. The highest BCUT2D eigenvalue weighted by Gasteiger charge is 2.55. The van der Waals surface area contributed by atoms with Crippen LogP contribution in [0.3, 0.4) is 0 Å². The number of ether oxygens (including phenoxy) is 2. The van der Waals surface area contributed by atoms with Gasteiger partial charge in [-0.25, -0.2) is 9.59 Å². The Hall–Kier alpha value is -2.22. The van der Waals surface area contributed by atoms with E-state index >= 15 is 0 Å². The lowest BCUT2D eigenvalue weighted by Gasteiger charge is -2.38. The molecule has 0 aromatic heterocycles. The largest absolute Gasteiger partial charge is 0.454 e. The molecule has 0 spiro atoms. The standard InChI is InChI=1S/C16H17NO6/c1-2-7-17-16-10-6-4-3-5-9(10)8-11(16)22-14(20)12(18)13(19)15(21)23-16/h2-6,11-13,17-19H,1,7-8H2. The van der Waals surface area contributed by atoms with Crippen molar-refractivity contribution in [3.63, 3.8) is 0 Å². The van der Waals surface area contributed by atoms with Gasteiger partial charge in [-0.15, -0.1) is 6.58 Å². The van der Waals surface area contributed by atoms with Crippen molar-refractivity contribution in [3.8, 4) is 0 Å². The molecule has 4 atom stereocenters. The first-order valence-corrected chi connectivity index (χ1v) is 7.23. The van der Waals surface area contributed by atoms with Crippen LogP contribution in [-0.2, 0) is 31.2 Å². The van der Waals surface area contributed by atoms with Crippen molar-refractivity contribution in [2.45, 2.75) is 30.5 Å². The van der Waals surface area contributed by atoms with Crippen molar-refractivity contribution in [3.05, 3.63) is 48.0 Å². The van der Waals surface area contributed by atoms with Crippen LogP contribution in [0.15, 0.2) is 36.9 Å². The van der Waals surface area contributed by atoms with E-state index in [0.717, 1.165) is 5.56 Å². The Morgan fingerprint density at radius 3 is 2.70 bits per heavy atom. The van der Waals surface area contributed by atoms with Crippen molar-refractivity contribution in [2.75, 3.05) is 6.54 Å². The zero-order valence-corrected chi connectivity index (χ0v) is 12.3. The highest BCUT2D eigenvalue weighted by Crippen LogP contribution is 2.41. The third kappa shape index (κ3) is 2.42. The number of fused-ring (bicyclic) bond motifs is 3. The van der Waals surface area contributed by atoms with Gasteiger partial charge in [-0.3, -0.25) is 5.32 Å². The monoisotopic (exact) mass is 319 g/mol. The number of esters is 2. The highest BCUT2D eigenvalue weighted by atomic mass is 16.6. The van der Waals surface area contributed by atoms with Crippen LogP contribution >= 0.6 is 0 Å². The summed E-state index contributed by atoms with van der Waals surface area (Å²) in [5.74, 6) is -2.15.